The molecule has 0 saturated heterocycles. The summed E-state index contributed by atoms with van der Waals surface area (Å²) >= 11 is 0. The first-order valence-electron chi connectivity index (χ1n) is 4.04. The van der Waals surface area contributed by atoms with E-state index in [1.54, 1.807) is 24.3 Å². The molecule has 0 radical (unpaired) electrons. The molecular weight excluding hydrogens is 204 g/mol. The number of hydrogen-bond acceptors (Lipinski definition) is 4. The fraction of sp³-hybridized carbons (Fsp3) is 0.333. The second kappa shape index (κ2) is 4.54. The molecule has 1 N–H and O–H groups in total. The van der Waals surface area contributed by atoms with E-state index in [-0.39, 0.29) is 13.2 Å². The largest absolute Gasteiger partial charge is 0.392 e. The molecule has 0 heterocycles. The Morgan fingerprint density at radius 1 is 1.21 bits per heavy atom. The first kappa shape index (κ1) is 11.2. The van der Waals surface area contributed by atoms with Gasteiger partial charge in [0.15, 0.2) is 0 Å². The summed E-state index contributed by atoms with van der Waals surface area (Å²) in [5.41, 5.74) is 1.54. The third kappa shape index (κ3) is 3.87. The highest BCUT2D eigenvalue weighted by molar-refractivity contribution is 7.85. The molecule has 14 heavy (non-hydrogen) atoms. The van der Waals surface area contributed by atoms with Crippen molar-refractivity contribution in [3.8, 4) is 0 Å². The van der Waals surface area contributed by atoms with Gasteiger partial charge in [0.25, 0.3) is 10.1 Å². The first-order chi connectivity index (χ1) is 6.51. The Labute approximate surface area is 83.3 Å². The molecule has 1 rings (SSSR count). The van der Waals surface area contributed by atoms with Gasteiger partial charge < -0.3 is 5.11 Å². The summed E-state index contributed by atoms with van der Waals surface area (Å²) in [6, 6.07) is 6.88. The van der Waals surface area contributed by atoms with Crippen LogP contribution in [-0.4, -0.2) is 19.8 Å². The maximum atomic E-state index is 10.7. The molecule has 0 aliphatic heterocycles. The predicted octanol–water partition coefficient (Wildman–Crippen LogP) is 0.655. The van der Waals surface area contributed by atoms with Crippen LogP contribution in [0.2, 0.25) is 0 Å². The minimum atomic E-state index is -3.39. The summed E-state index contributed by atoms with van der Waals surface area (Å²) in [5.74, 6) is 0. The highest BCUT2D eigenvalue weighted by atomic mass is 32.2. The van der Waals surface area contributed by atoms with E-state index in [2.05, 4.69) is 4.18 Å². The van der Waals surface area contributed by atoms with Gasteiger partial charge in [0.1, 0.15) is 0 Å². The number of rotatable bonds is 4. The van der Waals surface area contributed by atoms with E-state index >= 15 is 0 Å². The van der Waals surface area contributed by atoms with Crippen molar-refractivity contribution in [3.63, 3.8) is 0 Å². The molecule has 0 fully saturated rings. The number of aliphatic hydroxyl groups excluding tert-OH is 1. The van der Waals surface area contributed by atoms with E-state index < -0.39 is 10.1 Å². The summed E-state index contributed by atoms with van der Waals surface area (Å²) in [5, 5.41) is 8.76. The Morgan fingerprint density at radius 3 is 2.14 bits per heavy atom. The molecule has 0 atom stereocenters. The number of hydrogen-bond donors (Lipinski definition) is 1. The van der Waals surface area contributed by atoms with Crippen molar-refractivity contribution in [1.82, 2.24) is 0 Å². The number of aliphatic hydroxyl groups is 1. The van der Waals surface area contributed by atoms with Gasteiger partial charge in [0, 0.05) is 0 Å². The van der Waals surface area contributed by atoms with Crippen molar-refractivity contribution in [2.45, 2.75) is 13.2 Å². The summed E-state index contributed by atoms with van der Waals surface area (Å²) in [6.45, 7) is 0.0117. The fourth-order valence-corrected chi connectivity index (χ4v) is 1.27. The van der Waals surface area contributed by atoms with E-state index in [1.165, 1.54) is 0 Å². The van der Waals surface area contributed by atoms with Gasteiger partial charge >= 0.3 is 0 Å². The Morgan fingerprint density at radius 2 is 1.71 bits per heavy atom. The quantitative estimate of drug-likeness (QED) is 0.751. The predicted molar refractivity (Wildman–Crippen MR) is 52.0 cm³/mol. The Hall–Kier alpha value is -0.910. The van der Waals surface area contributed by atoms with Gasteiger partial charge in [-0.25, -0.2) is 0 Å². The van der Waals surface area contributed by atoms with E-state index in [0.717, 1.165) is 17.4 Å². The van der Waals surface area contributed by atoms with Gasteiger partial charge in [-0.3, -0.25) is 4.18 Å². The third-order valence-electron chi connectivity index (χ3n) is 1.65. The molecular formula is C9H12O4S. The van der Waals surface area contributed by atoms with Crippen molar-refractivity contribution in [2.75, 3.05) is 6.26 Å². The van der Waals surface area contributed by atoms with Crippen molar-refractivity contribution >= 4 is 10.1 Å². The lowest BCUT2D eigenvalue weighted by molar-refractivity contribution is 0.281. The molecule has 0 aliphatic rings. The highest BCUT2D eigenvalue weighted by Crippen LogP contribution is 2.06. The fourth-order valence-electron chi connectivity index (χ4n) is 0.916. The SMILES string of the molecule is CS(=O)(=O)OCc1ccc(CO)cc1. The van der Waals surface area contributed by atoms with Crippen LogP contribution < -0.4 is 0 Å². The maximum Gasteiger partial charge on any atom is 0.264 e. The van der Waals surface area contributed by atoms with Crippen molar-refractivity contribution < 1.29 is 17.7 Å². The lowest BCUT2D eigenvalue weighted by Crippen LogP contribution is -2.02. The molecule has 0 unspecified atom stereocenters. The smallest absolute Gasteiger partial charge is 0.264 e. The van der Waals surface area contributed by atoms with E-state index in [9.17, 15) is 8.42 Å². The zero-order chi connectivity index (χ0) is 10.6. The third-order valence-corrected chi connectivity index (χ3v) is 2.19. The summed E-state index contributed by atoms with van der Waals surface area (Å²) in [4.78, 5) is 0. The van der Waals surface area contributed by atoms with Gasteiger partial charge in [-0.2, -0.15) is 8.42 Å². The highest BCUT2D eigenvalue weighted by Gasteiger charge is 2.02. The van der Waals surface area contributed by atoms with E-state index in [4.69, 9.17) is 5.11 Å². The first-order valence-corrected chi connectivity index (χ1v) is 5.86. The normalized spacial score (nSPS) is 11.6. The van der Waals surface area contributed by atoms with Crippen LogP contribution in [-0.2, 0) is 27.5 Å². The van der Waals surface area contributed by atoms with Gasteiger partial charge in [0.05, 0.1) is 19.5 Å². The zero-order valence-electron chi connectivity index (χ0n) is 7.80. The standard InChI is InChI=1S/C9H12O4S/c1-14(11,12)13-7-9-4-2-8(6-10)3-5-9/h2-5,10H,6-7H2,1H3. The van der Waals surface area contributed by atoms with Crippen LogP contribution >= 0.6 is 0 Å². The summed E-state index contributed by atoms with van der Waals surface area (Å²) in [6.07, 6.45) is 1.01. The molecule has 0 saturated carbocycles. The van der Waals surface area contributed by atoms with E-state index in [1.807, 2.05) is 0 Å². The van der Waals surface area contributed by atoms with Gasteiger partial charge in [-0.15, -0.1) is 0 Å². The topological polar surface area (TPSA) is 63.6 Å². The molecule has 1 aromatic rings. The van der Waals surface area contributed by atoms with Gasteiger partial charge in [-0.1, -0.05) is 24.3 Å². The average Bonchev–Trinajstić information content (AvgIpc) is 2.14. The van der Waals surface area contributed by atoms with Crippen molar-refractivity contribution in [1.29, 1.82) is 0 Å². The van der Waals surface area contributed by atoms with Crippen LogP contribution in [0.25, 0.3) is 0 Å². The minimum absolute atomic E-state index is 0.0206. The van der Waals surface area contributed by atoms with Crippen LogP contribution in [0.3, 0.4) is 0 Å². The molecule has 4 nitrogen and oxygen atoms in total. The molecule has 0 aromatic heterocycles. The lowest BCUT2D eigenvalue weighted by atomic mass is 10.1. The summed E-state index contributed by atoms with van der Waals surface area (Å²) in [7, 11) is -3.39. The monoisotopic (exact) mass is 216 g/mol. The summed E-state index contributed by atoms with van der Waals surface area (Å²) < 4.78 is 25.9. The van der Waals surface area contributed by atoms with E-state index in [0.29, 0.717) is 0 Å². The molecule has 5 heteroatoms. The van der Waals surface area contributed by atoms with Crippen LogP contribution in [0.1, 0.15) is 11.1 Å². The van der Waals surface area contributed by atoms with Crippen LogP contribution in [0, 0.1) is 0 Å². The second-order valence-corrected chi connectivity index (χ2v) is 4.58. The Balaban J connectivity index is 2.61. The Bertz CT molecular complexity index is 380. The molecule has 78 valence electrons. The maximum absolute atomic E-state index is 10.7. The van der Waals surface area contributed by atoms with Crippen LogP contribution in [0.15, 0.2) is 24.3 Å². The van der Waals surface area contributed by atoms with Gasteiger partial charge in [0.2, 0.25) is 0 Å². The molecule has 1 aromatic carbocycles. The van der Waals surface area contributed by atoms with Crippen molar-refractivity contribution in [3.05, 3.63) is 35.4 Å². The minimum Gasteiger partial charge on any atom is -0.392 e. The lowest BCUT2D eigenvalue weighted by Gasteiger charge is -2.02. The van der Waals surface area contributed by atoms with Gasteiger partial charge in [-0.05, 0) is 11.1 Å². The van der Waals surface area contributed by atoms with Crippen LogP contribution in [0.4, 0.5) is 0 Å². The molecule has 0 aliphatic carbocycles. The molecule has 0 bridgehead atoms. The Kier molecular flexibility index (Phi) is 3.62. The number of benzene rings is 1. The van der Waals surface area contributed by atoms with Crippen LogP contribution in [0.5, 0.6) is 0 Å². The van der Waals surface area contributed by atoms with Crippen molar-refractivity contribution in [2.24, 2.45) is 0 Å². The zero-order valence-corrected chi connectivity index (χ0v) is 8.62. The molecule has 0 spiro atoms. The molecule has 0 amide bonds. The average molecular weight is 216 g/mol. The second-order valence-electron chi connectivity index (χ2n) is 2.94.